The average Bonchev–Trinajstić information content (AvgIpc) is 2.61. The van der Waals surface area contributed by atoms with Crippen molar-refractivity contribution in [1.82, 2.24) is 5.32 Å². The summed E-state index contributed by atoms with van der Waals surface area (Å²) in [4.78, 5) is 23.3. The molecule has 0 fully saturated rings. The van der Waals surface area contributed by atoms with Gasteiger partial charge in [0.05, 0.1) is 6.04 Å². The van der Waals surface area contributed by atoms with Crippen molar-refractivity contribution in [1.29, 1.82) is 0 Å². The minimum Gasteiger partial charge on any atom is -0.481 e. The summed E-state index contributed by atoms with van der Waals surface area (Å²) >= 11 is 0. The van der Waals surface area contributed by atoms with Gasteiger partial charge in [0.25, 0.3) is 5.91 Å². The highest BCUT2D eigenvalue weighted by Gasteiger charge is 2.17. The van der Waals surface area contributed by atoms with Crippen LogP contribution in [0, 0.1) is 0 Å². The van der Waals surface area contributed by atoms with Crippen molar-refractivity contribution in [3.63, 3.8) is 0 Å². The molecule has 0 saturated heterocycles. The third-order valence-electron chi connectivity index (χ3n) is 4.03. The van der Waals surface area contributed by atoms with Crippen LogP contribution in [-0.4, -0.2) is 17.8 Å². The van der Waals surface area contributed by atoms with E-state index in [4.69, 9.17) is 4.74 Å². The highest BCUT2D eigenvalue weighted by molar-refractivity contribution is 5.81. The molecule has 0 heterocycles. The number of Topliss-reactive ketones (excluding diaryl/α,β-unsaturated/α-hetero) is 1. The summed E-state index contributed by atoms with van der Waals surface area (Å²) in [5, 5.41) is 2.96. The topological polar surface area (TPSA) is 55.4 Å². The van der Waals surface area contributed by atoms with Crippen molar-refractivity contribution in [2.24, 2.45) is 0 Å². The van der Waals surface area contributed by atoms with Crippen LogP contribution < -0.4 is 10.1 Å². The van der Waals surface area contributed by atoms with E-state index in [2.05, 4.69) is 5.32 Å². The van der Waals surface area contributed by atoms with Gasteiger partial charge in [-0.25, -0.2) is 0 Å². The smallest absolute Gasteiger partial charge is 0.261 e. The molecule has 25 heavy (non-hydrogen) atoms. The van der Waals surface area contributed by atoms with E-state index in [0.717, 1.165) is 17.5 Å². The summed E-state index contributed by atoms with van der Waals surface area (Å²) in [6.45, 7) is 5.27. The first-order valence-corrected chi connectivity index (χ1v) is 8.56. The van der Waals surface area contributed by atoms with E-state index in [0.29, 0.717) is 12.2 Å². The van der Waals surface area contributed by atoms with Gasteiger partial charge in [0.2, 0.25) is 0 Å². The minimum atomic E-state index is -0.589. The third kappa shape index (κ3) is 6.07. The van der Waals surface area contributed by atoms with E-state index >= 15 is 0 Å². The van der Waals surface area contributed by atoms with Crippen molar-refractivity contribution in [2.45, 2.75) is 45.8 Å². The van der Waals surface area contributed by atoms with E-state index in [1.54, 1.807) is 13.8 Å². The molecule has 0 aliphatic heterocycles. The predicted octanol–water partition coefficient (Wildman–Crippen LogP) is 3.85. The number of benzene rings is 2. The van der Waals surface area contributed by atoms with Gasteiger partial charge in [-0.2, -0.15) is 0 Å². The van der Waals surface area contributed by atoms with E-state index in [9.17, 15) is 9.59 Å². The molecule has 4 nitrogen and oxygen atoms in total. The molecule has 2 rings (SSSR count). The summed E-state index contributed by atoms with van der Waals surface area (Å²) in [5.74, 6) is 0.664. The standard InChI is InChI=1S/C21H25NO3/c1-15(23)9-10-18-11-13-20(14-12-18)25-17(3)21(24)22-16(2)19-7-5-4-6-8-19/h4-8,11-14,16-17H,9-10H2,1-3H3,(H,22,24). The molecule has 2 aromatic carbocycles. The molecule has 0 bridgehead atoms. The summed E-state index contributed by atoms with van der Waals surface area (Å²) in [5.41, 5.74) is 2.13. The molecule has 2 atom stereocenters. The van der Waals surface area contributed by atoms with Crippen LogP contribution in [0.4, 0.5) is 0 Å². The third-order valence-corrected chi connectivity index (χ3v) is 4.03. The maximum absolute atomic E-state index is 12.3. The Hall–Kier alpha value is -2.62. The van der Waals surface area contributed by atoms with Crippen molar-refractivity contribution in [2.75, 3.05) is 0 Å². The van der Waals surface area contributed by atoms with Crippen LogP contribution in [0.3, 0.4) is 0 Å². The first-order valence-electron chi connectivity index (χ1n) is 8.56. The Balaban J connectivity index is 1.87. The minimum absolute atomic E-state index is 0.0753. The van der Waals surface area contributed by atoms with Crippen LogP contribution in [0.2, 0.25) is 0 Å². The highest BCUT2D eigenvalue weighted by Crippen LogP contribution is 2.16. The number of amides is 1. The first kappa shape index (κ1) is 18.7. The molecule has 0 aromatic heterocycles. The molecule has 0 saturated carbocycles. The lowest BCUT2D eigenvalue weighted by atomic mass is 10.1. The molecule has 0 aliphatic carbocycles. The molecule has 0 aliphatic rings. The van der Waals surface area contributed by atoms with Crippen molar-refractivity contribution < 1.29 is 14.3 Å². The number of ketones is 1. The molecule has 0 radical (unpaired) electrons. The van der Waals surface area contributed by atoms with Crippen LogP contribution in [-0.2, 0) is 16.0 Å². The van der Waals surface area contributed by atoms with Gasteiger partial charge >= 0.3 is 0 Å². The number of carbonyl (C=O) groups excluding carboxylic acids is 2. The quantitative estimate of drug-likeness (QED) is 0.795. The fourth-order valence-electron chi connectivity index (χ4n) is 2.47. The number of ether oxygens (including phenoxy) is 1. The summed E-state index contributed by atoms with van der Waals surface area (Å²) in [6, 6.07) is 17.3. The highest BCUT2D eigenvalue weighted by atomic mass is 16.5. The Kier molecular flexibility index (Phi) is 6.75. The zero-order chi connectivity index (χ0) is 18.2. The predicted molar refractivity (Wildman–Crippen MR) is 98.5 cm³/mol. The van der Waals surface area contributed by atoms with Gasteiger partial charge in [0, 0.05) is 6.42 Å². The Bertz CT molecular complexity index is 695. The number of aryl methyl sites for hydroxylation is 1. The Morgan fingerprint density at radius 3 is 2.24 bits per heavy atom. The van der Waals surface area contributed by atoms with Gasteiger partial charge in [0.15, 0.2) is 6.10 Å². The zero-order valence-corrected chi connectivity index (χ0v) is 15.0. The van der Waals surface area contributed by atoms with Crippen molar-refractivity contribution >= 4 is 11.7 Å². The molecule has 132 valence electrons. The van der Waals surface area contributed by atoms with Gasteiger partial charge in [-0.05, 0) is 50.5 Å². The van der Waals surface area contributed by atoms with Crippen LogP contribution in [0.1, 0.15) is 44.4 Å². The summed E-state index contributed by atoms with van der Waals surface area (Å²) in [7, 11) is 0. The maximum Gasteiger partial charge on any atom is 0.261 e. The number of hydrogen-bond donors (Lipinski definition) is 1. The lowest BCUT2D eigenvalue weighted by Crippen LogP contribution is -2.37. The van der Waals surface area contributed by atoms with E-state index in [-0.39, 0.29) is 17.7 Å². The first-order chi connectivity index (χ1) is 12.0. The Morgan fingerprint density at radius 1 is 1.00 bits per heavy atom. The van der Waals surface area contributed by atoms with Crippen LogP contribution in [0.5, 0.6) is 5.75 Å². The van der Waals surface area contributed by atoms with Crippen molar-refractivity contribution in [3.05, 3.63) is 65.7 Å². The molecule has 1 N–H and O–H groups in total. The molecule has 2 aromatic rings. The van der Waals surface area contributed by atoms with Crippen LogP contribution in [0.15, 0.2) is 54.6 Å². The maximum atomic E-state index is 12.3. The van der Waals surface area contributed by atoms with E-state index < -0.39 is 6.10 Å². The van der Waals surface area contributed by atoms with Gasteiger partial charge in [-0.1, -0.05) is 42.5 Å². The summed E-state index contributed by atoms with van der Waals surface area (Å²) in [6.07, 6.45) is 0.672. The average molecular weight is 339 g/mol. The fourth-order valence-corrected chi connectivity index (χ4v) is 2.47. The second-order valence-corrected chi connectivity index (χ2v) is 6.25. The van der Waals surface area contributed by atoms with Crippen molar-refractivity contribution in [3.8, 4) is 5.75 Å². The normalized spacial score (nSPS) is 12.9. The number of rotatable bonds is 8. The molecule has 1 amide bonds. The molecule has 0 spiro atoms. The number of hydrogen-bond acceptors (Lipinski definition) is 3. The van der Waals surface area contributed by atoms with Gasteiger partial charge in [0.1, 0.15) is 11.5 Å². The number of carbonyl (C=O) groups is 2. The molecule has 4 heteroatoms. The Morgan fingerprint density at radius 2 is 1.64 bits per heavy atom. The largest absolute Gasteiger partial charge is 0.481 e. The van der Waals surface area contributed by atoms with Gasteiger partial charge in [-0.3, -0.25) is 4.79 Å². The fraction of sp³-hybridized carbons (Fsp3) is 0.333. The monoisotopic (exact) mass is 339 g/mol. The van der Waals surface area contributed by atoms with Gasteiger partial charge in [-0.15, -0.1) is 0 Å². The molecular weight excluding hydrogens is 314 g/mol. The van der Waals surface area contributed by atoms with E-state index in [1.165, 1.54) is 0 Å². The van der Waals surface area contributed by atoms with Crippen LogP contribution in [0.25, 0.3) is 0 Å². The Labute approximate surface area is 149 Å². The zero-order valence-electron chi connectivity index (χ0n) is 15.0. The van der Waals surface area contributed by atoms with E-state index in [1.807, 2.05) is 61.5 Å². The second-order valence-electron chi connectivity index (χ2n) is 6.25. The molecule has 2 unspecified atom stereocenters. The lowest BCUT2D eigenvalue weighted by molar-refractivity contribution is -0.128. The van der Waals surface area contributed by atoms with Crippen LogP contribution >= 0.6 is 0 Å². The van der Waals surface area contributed by atoms with Gasteiger partial charge < -0.3 is 14.8 Å². The SMILES string of the molecule is CC(=O)CCc1ccc(OC(C)C(=O)NC(C)c2ccccc2)cc1. The molecular formula is C21H25NO3. The lowest BCUT2D eigenvalue weighted by Gasteiger charge is -2.19. The number of nitrogens with one attached hydrogen (secondary N) is 1. The summed E-state index contributed by atoms with van der Waals surface area (Å²) < 4.78 is 5.71. The second kappa shape index (κ2) is 9.02.